The maximum absolute atomic E-state index is 12.4. The van der Waals surface area contributed by atoms with Gasteiger partial charge in [-0.2, -0.15) is 0 Å². The van der Waals surface area contributed by atoms with E-state index in [1.54, 1.807) is 35.2 Å². The summed E-state index contributed by atoms with van der Waals surface area (Å²) in [6.45, 7) is 2.49. The number of anilines is 2. The van der Waals surface area contributed by atoms with Gasteiger partial charge in [0.15, 0.2) is 12.4 Å². The van der Waals surface area contributed by atoms with Gasteiger partial charge in [0.1, 0.15) is 5.75 Å². The highest BCUT2D eigenvalue weighted by Crippen LogP contribution is 2.27. The van der Waals surface area contributed by atoms with Crippen LogP contribution in [0.15, 0.2) is 65.3 Å². The summed E-state index contributed by atoms with van der Waals surface area (Å²) < 4.78 is 10.6. The standard InChI is InChI=1S/C23H21Cl2N3O4/c24-16-3-8-20(19(25)14-16)32-15-22(29)26-17-4-6-18(7-5-17)27-9-11-28(12-10-27)23(30)21-2-1-13-31-21/h1-8,13-14H,9-12,15H2,(H,26,29). The number of nitrogens with zero attached hydrogens (tertiary/aromatic N) is 2. The van der Waals surface area contributed by atoms with E-state index in [0.29, 0.717) is 53.4 Å². The molecule has 0 bridgehead atoms. The number of ether oxygens (including phenoxy) is 1. The Morgan fingerprint density at radius 3 is 2.41 bits per heavy atom. The van der Waals surface area contributed by atoms with E-state index in [4.69, 9.17) is 32.4 Å². The van der Waals surface area contributed by atoms with Crippen LogP contribution in [0.4, 0.5) is 11.4 Å². The number of amides is 2. The third-order valence-electron chi connectivity index (χ3n) is 5.07. The van der Waals surface area contributed by atoms with Gasteiger partial charge in [-0.05, 0) is 54.6 Å². The second-order valence-electron chi connectivity index (χ2n) is 7.22. The summed E-state index contributed by atoms with van der Waals surface area (Å²) in [4.78, 5) is 28.6. The molecule has 32 heavy (non-hydrogen) atoms. The van der Waals surface area contributed by atoms with Gasteiger partial charge in [-0.15, -0.1) is 0 Å². The molecule has 9 heteroatoms. The molecule has 2 aromatic carbocycles. The van der Waals surface area contributed by atoms with E-state index in [0.717, 1.165) is 5.69 Å². The lowest BCUT2D eigenvalue weighted by atomic mass is 10.2. The van der Waals surface area contributed by atoms with Crippen LogP contribution in [-0.4, -0.2) is 49.5 Å². The van der Waals surface area contributed by atoms with Crippen molar-refractivity contribution in [3.8, 4) is 5.75 Å². The highest BCUT2D eigenvalue weighted by atomic mass is 35.5. The minimum Gasteiger partial charge on any atom is -0.482 e. The Balaban J connectivity index is 1.26. The number of piperazine rings is 1. The SMILES string of the molecule is O=C(COc1ccc(Cl)cc1Cl)Nc1ccc(N2CCN(C(=O)c3ccco3)CC2)cc1. The minimum atomic E-state index is -0.297. The third-order valence-corrected chi connectivity index (χ3v) is 5.60. The van der Waals surface area contributed by atoms with Crippen molar-refractivity contribution in [2.75, 3.05) is 43.0 Å². The fourth-order valence-electron chi connectivity index (χ4n) is 3.41. The third kappa shape index (κ3) is 5.36. The summed E-state index contributed by atoms with van der Waals surface area (Å²) in [7, 11) is 0. The molecule has 166 valence electrons. The zero-order valence-electron chi connectivity index (χ0n) is 17.1. The number of hydrogen-bond donors (Lipinski definition) is 1. The summed E-state index contributed by atoms with van der Waals surface area (Å²) in [6.07, 6.45) is 1.50. The fraction of sp³-hybridized carbons (Fsp3) is 0.217. The average molecular weight is 474 g/mol. The molecule has 1 aromatic heterocycles. The first kappa shape index (κ1) is 22.0. The van der Waals surface area contributed by atoms with Gasteiger partial charge in [-0.3, -0.25) is 9.59 Å². The van der Waals surface area contributed by atoms with Crippen molar-refractivity contribution in [2.24, 2.45) is 0 Å². The predicted molar refractivity (Wildman–Crippen MR) is 124 cm³/mol. The highest BCUT2D eigenvalue weighted by molar-refractivity contribution is 6.35. The zero-order valence-corrected chi connectivity index (χ0v) is 18.6. The normalized spacial score (nSPS) is 13.7. The first-order chi connectivity index (χ1) is 15.5. The number of rotatable bonds is 6. The van der Waals surface area contributed by atoms with Gasteiger partial charge in [0.2, 0.25) is 0 Å². The predicted octanol–water partition coefficient (Wildman–Crippen LogP) is 4.57. The number of hydrogen-bond acceptors (Lipinski definition) is 5. The lowest BCUT2D eigenvalue weighted by molar-refractivity contribution is -0.118. The second-order valence-corrected chi connectivity index (χ2v) is 8.06. The molecule has 0 radical (unpaired) electrons. The lowest BCUT2D eigenvalue weighted by Gasteiger charge is -2.35. The maximum Gasteiger partial charge on any atom is 0.289 e. The molecule has 1 aliphatic rings. The first-order valence-electron chi connectivity index (χ1n) is 10.0. The van der Waals surface area contributed by atoms with Crippen LogP contribution in [0, 0.1) is 0 Å². The molecule has 7 nitrogen and oxygen atoms in total. The van der Waals surface area contributed by atoms with E-state index in [2.05, 4.69) is 10.2 Å². The molecule has 2 amide bonds. The van der Waals surface area contributed by atoms with E-state index in [1.165, 1.54) is 6.26 Å². The molecule has 1 fully saturated rings. The van der Waals surface area contributed by atoms with E-state index in [-0.39, 0.29) is 18.4 Å². The summed E-state index contributed by atoms with van der Waals surface area (Å²) in [5, 5.41) is 3.64. The summed E-state index contributed by atoms with van der Waals surface area (Å²) >= 11 is 11.9. The average Bonchev–Trinajstić information content (AvgIpc) is 3.34. The molecule has 1 aliphatic heterocycles. The molecule has 0 atom stereocenters. The van der Waals surface area contributed by atoms with Gasteiger partial charge in [-0.25, -0.2) is 0 Å². The number of halogens is 2. The number of benzene rings is 2. The molecule has 0 saturated carbocycles. The van der Waals surface area contributed by atoms with Crippen molar-refractivity contribution in [2.45, 2.75) is 0 Å². The molecule has 0 spiro atoms. The van der Waals surface area contributed by atoms with E-state index >= 15 is 0 Å². The van der Waals surface area contributed by atoms with Gasteiger partial charge < -0.3 is 24.3 Å². The summed E-state index contributed by atoms with van der Waals surface area (Å²) in [5.74, 6) is 0.371. The van der Waals surface area contributed by atoms with E-state index in [9.17, 15) is 9.59 Å². The van der Waals surface area contributed by atoms with Crippen molar-refractivity contribution in [3.63, 3.8) is 0 Å². The zero-order chi connectivity index (χ0) is 22.5. The summed E-state index contributed by atoms with van der Waals surface area (Å²) in [5.41, 5.74) is 1.69. The quantitative estimate of drug-likeness (QED) is 0.567. The Morgan fingerprint density at radius 2 is 1.75 bits per heavy atom. The Labute approximate surface area is 195 Å². The second kappa shape index (κ2) is 9.97. The molecule has 3 aromatic rings. The molecular weight excluding hydrogens is 453 g/mol. The Kier molecular flexibility index (Phi) is 6.87. The molecular formula is C23H21Cl2N3O4. The van der Waals surface area contributed by atoms with Crippen LogP contribution < -0.4 is 15.0 Å². The van der Waals surface area contributed by atoms with Gasteiger partial charge in [0.05, 0.1) is 11.3 Å². The van der Waals surface area contributed by atoms with Gasteiger partial charge >= 0.3 is 0 Å². The topological polar surface area (TPSA) is 75.0 Å². The van der Waals surface area contributed by atoms with E-state index in [1.807, 2.05) is 24.3 Å². The minimum absolute atomic E-state index is 0.0881. The van der Waals surface area contributed by atoms with Crippen LogP contribution in [0.25, 0.3) is 0 Å². The number of carbonyl (C=O) groups excluding carboxylic acids is 2. The van der Waals surface area contributed by atoms with Crippen LogP contribution in [-0.2, 0) is 4.79 Å². The van der Waals surface area contributed by atoms with Crippen LogP contribution in [0.1, 0.15) is 10.6 Å². The van der Waals surface area contributed by atoms with E-state index < -0.39 is 0 Å². The van der Waals surface area contributed by atoms with Crippen molar-refractivity contribution in [1.29, 1.82) is 0 Å². The fourth-order valence-corrected chi connectivity index (χ4v) is 3.88. The molecule has 0 aliphatic carbocycles. The molecule has 0 unspecified atom stereocenters. The Hall–Kier alpha value is -3.16. The number of carbonyl (C=O) groups is 2. The molecule has 1 N–H and O–H groups in total. The molecule has 2 heterocycles. The monoisotopic (exact) mass is 473 g/mol. The van der Waals surface area contributed by atoms with Crippen molar-refractivity contribution in [3.05, 3.63) is 76.7 Å². The van der Waals surface area contributed by atoms with Gasteiger partial charge in [-0.1, -0.05) is 23.2 Å². The molecule has 1 saturated heterocycles. The van der Waals surface area contributed by atoms with Crippen molar-refractivity contribution in [1.82, 2.24) is 4.90 Å². The van der Waals surface area contributed by atoms with Gasteiger partial charge in [0.25, 0.3) is 11.8 Å². The molecule has 4 rings (SSSR count). The Bertz CT molecular complexity index is 1080. The van der Waals surface area contributed by atoms with Crippen LogP contribution in [0.3, 0.4) is 0 Å². The lowest BCUT2D eigenvalue weighted by Crippen LogP contribution is -2.48. The first-order valence-corrected chi connectivity index (χ1v) is 10.8. The van der Waals surface area contributed by atoms with Crippen molar-refractivity contribution >= 4 is 46.4 Å². The van der Waals surface area contributed by atoms with Crippen molar-refractivity contribution < 1.29 is 18.7 Å². The van der Waals surface area contributed by atoms with Gasteiger partial charge in [0, 0.05) is 42.6 Å². The largest absolute Gasteiger partial charge is 0.482 e. The highest BCUT2D eigenvalue weighted by Gasteiger charge is 2.23. The Morgan fingerprint density at radius 1 is 1.00 bits per heavy atom. The maximum atomic E-state index is 12.4. The smallest absolute Gasteiger partial charge is 0.289 e. The van der Waals surface area contributed by atoms with Crippen LogP contribution in [0.5, 0.6) is 5.75 Å². The van der Waals surface area contributed by atoms with Crippen LogP contribution in [0.2, 0.25) is 10.0 Å². The summed E-state index contributed by atoms with van der Waals surface area (Å²) in [6, 6.07) is 15.8. The number of nitrogens with one attached hydrogen (secondary N) is 1. The van der Waals surface area contributed by atoms with Crippen LogP contribution >= 0.6 is 23.2 Å². The number of furan rings is 1.